The van der Waals surface area contributed by atoms with Crippen LogP contribution in [0.25, 0.3) is 0 Å². The second-order valence-electron chi connectivity index (χ2n) is 6.14. The van der Waals surface area contributed by atoms with E-state index in [0.29, 0.717) is 24.5 Å². The molecule has 0 aliphatic carbocycles. The molecule has 0 atom stereocenters. The first-order valence-corrected chi connectivity index (χ1v) is 8.84. The smallest absolute Gasteiger partial charge is 0.338 e. The molecular formula is C22H25NO5. The van der Waals surface area contributed by atoms with Gasteiger partial charge in [-0.1, -0.05) is 30.3 Å². The zero-order chi connectivity index (χ0) is 20.5. The van der Waals surface area contributed by atoms with Crippen molar-refractivity contribution in [3.05, 3.63) is 71.3 Å². The Labute approximate surface area is 165 Å². The Kier molecular flexibility index (Phi) is 7.63. The van der Waals surface area contributed by atoms with E-state index < -0.39 is 5.97 Å². The molecule has 0 spiro atoms. The molecule has 1 N–H and O–H groups in total. The summed E-state index contributed by atoms with van der Waals surface area (Å²) in [4.78, 5) is 24.4. The average Bonchev–Trinajstić information content (AvgIpc) is 2.70. The standard InChI is InChI=1S/C22H25NO5/c1-5-8-16-11-18(12-19(26-3)21(16)27-4)22(25)28-14-20(24)23-13-17-10-7-6-9-15(17)2/h5-7,9-12H,1,8,13-14H2,2-4H3,(H,23,24). The molecular weight excluding hydrogens is 358 g/mol. The molecule has 6 nitrogen and oxygen atoms in total. The molecule has 0 aliphatic heterocycles. The van der Waals surface area contributed by atoms with Gasteiger partial charge in [0.1, 0.15) is 0 Å². The van der Waals surface area contributed by atoms with Crippen LogP contribution >= 0.6 is 0 Å². The molecule has 1 amide bonds. The maximum Gasteiger partial charge on any atom is 0.338 e. The van der Waals surface area contributed by atoms with Gasteiger partial charge in [0.05, 0.1) is 19.8 Å². The minimum absolute atomic E-state index is 0.279. The van der Waals surface area contributed by atoms with Crippen molar-refractivity contribution in [2.45, 2.75) is 19.9 Å². The number of ether oxygens (including phenoxy) is 3. The minimum atomic E-state index is -0.614. The van der Waals surface area contributed by atoms with Crippen LogP contribution in [0, 0.1) is 6.92 Å². The van der Waals surface area contributed by atoms with Crippen LogP contribution in [0.5, 0.6) is 11.5 Å². The van der Waals surface area contributed by atoms with Crippen molar-refractivity contribution >= 4 is 11.9 Å². The third-order valence-corrected chi connectivity index (χ3v) is 4.23. The first-order chi connectivity index (χ1) is 13.5. The highest BCUT2D eigenvalue weighted by Crippen LogP contribution is 2.33. The topological polar surface area (TPSA) is 73.9 Å². The molecule has 28 heavy (non-hydrogen) atoms. The number of amides is 1. The average molecular weight is 383 g/mol. The first kappa shape index (κ1) is 21.0. The van der Waals surface area contributed by atoms with Gasteiger partial charge >= 0.3 is 5.97 Å². The predicted octanol–water partition coefficient (Wildman–Crippen LogP) is 3.21. The zero-order valence-corrected chi connectivity index (χ0v) is 16.4. The fourth-order valence-electron chi connectivity index (χ4n) is 2.74. The molecule has 0 saturated carbocycles. The molecule has 0 aromatic heterocycles. The molecule has 0 radical (unpaired) electrons. The van der Waals surface area contributed by atoms with Gasteiger partial charge in [-0.05, 0) is 36.6 Å². The van der Waals surface area contributed by atoms with Crippen molar-refractivity contribution < 1.29 is 23.8 Å². The molecule has 148 valence electrons. The number of rotatable bonds is 9. The van der Waals surface area contributed by atoms with E-state index in [9.17, 15) is 9.59 Å². The Morgan fingerprint density at radius 1 is 1.11 bits per heavy atom. The molecule has 6 heteroatoms. The van der Waals surface area contributed by atoms with Crippen molar-refractivity contribution in [1.29, 1.82) is 0 Å². The Hall–Kier alpha value is -3.28. The van der Waals surface area contributed by atoms with Gasteiger partial charge in [-0.2, -0.15) is 0 Å². The van der Waals surface area contributed by atoms with Gasteiger partial charge in [0.2, 0.25) is 0 Å². The van der Waals surface area contributed by atoms with Gasteiger partial charge in [0, 0.05) is 12.1 Å². The summed E-state index contributed by atoms with van der Waals surface area (Å²) in [6.45, 7) is 5.69. The Morgan fingerprint density at radius 2 is 1.86 bits per heavy atom. The van der Waals surface area contributed by atoms with Crippen LogP contribution in [0.3, 0.4) is 0 Å². The maximum absolute atomic E-state index is 12.4. The maximum atomic E-state index is 12.4. The highest BCUT2D eigenvalue weighted by Gasteiger charge is 2.17. The van der Waals surface area contributed by atoms with Gasteiger partial charge in [-0.25, -0.2) is 4.79 Å². The lowest BCUT2D eigenvalue weighted by Gasteiger charge is -2.14. The van der Waals surface area contributed by atoms with Crippen LogP contribution in [0.15, 0.2) is 49.1 Å². The second-order valence-corrected chi connectivity index (χ2v) is 6.14. The van der Waals surface area contributed by atoms with Crippen LogP contribution in [0.4, 0.5) is 0 Å². The Balaban J connectivity index is 2.00. The number of methoxy groups -OCH3 is 2. The fraction of sp³-hybridized carbons (Fsp3) is 0.273. The normalized spacial score (nSPS) is 10.1. The molecule has 2 aromatic rings. The van der Waals surface area contributed by atoms with Gasteiger partial charge in [0.25, 0.3) is 5.91 Å². The number of nitrogens with one attached hydrogen (secondary N) is 1. The van der Waals surface area contributed by atoms with Crippen molar-refractivity contribution in [2.24, 2.45) is 0 Å². The molecule has 0 heterocycles. The van der Waals surface area contributed by atoms with Crippen LogP contribution in [0.1, 0.15) is 27.0 Å². The summed E-state index contributed by atoms with van der Waals surface area (Å²) in [5.41, 5.74) is 3.12. The van der Waals surface area contributed by atoms with E-state index in [4.69, 9.17) is 14.2 Å². The quantitative estimate of drug-likeness (QED) is 0.532. The van der Waals surface area contributed by atoms with Gasteiger partial charge in [-0.3, -0.25) is 4.79 Å². The fourth-order valence-corrected chi connectivity index (χ4v) is 2.74. The second kappa shape index (κ2) is 10.2. The van der Waals surface area contributed by atoms with Gasteiger partial charge in [0.15, 0.2) is 18.1 Å². The van der Waals surface area contributed by atoms with Crippen LogP contribution < -0.4 is 14.8 Å². The summed E-state index contributed by atoms with van der Waals surface area (Å²) in [6.07, 6.45) is 2.20. The minimum Gasteiger partial charge on any atom is -0.493 e. The summed E-state index contributed by atoms with van der Waals surface area (Å²) in [5.74, 6) is -0.0339. The van der Waals surface area contributed by atoms with E-state index in [1.54, 1.807) is 12.1 Å². The third-order valence-electron chi connectivity index (χ3n) is 4.23. The van der Waals surface area contributed by atoms with Crippen molar-refractivity contribution in [1.82, 2.24) is 5.32 Å². The molecule has 0 fully saturated rings. The lowest BCUT2D eigenvalue weighted by atomic mass is 10.1. The molecule has 2 rings (SSSR count). The SMILES string of the molecule is C=CCc1cc(C(=O)OCC(=O)NCc2ccccc2C)cc(OC)c1OC. The summed E-state index contributed by atoms with van der Waals surface area (Å²) < 4.78 is 15.8. The molecule has 0 unspecified atom stereocenters. The number of carbonyl (C=O) groups is 2. The van der Waals surface area contributed by atoms with Crippen molar-refractivity contribution in [3.63, 3.8) is 0 Å². The summed E-state index contributed by atoms with van der Waals surface area (Å²) in [7, 11) is 3.02. The third kappa shape index (κ3) is 5.36. The van der Waals surface area contributed by atoms with E-state index in [-0.39, 0.29) is 18.1 Å². The largest absolute Gasteiger partial charge is 0.493 e. The van der Waals surface area contributed by atoms with Gasteiger partial charge < -0.3 is 19.5 Å². The van der Waals surface area contributed by atoms with Crippen LogP contribution in [0.2, 0.25) is 0 Å². The zero-order valence-electron chi connectivity index (χ0n) is 16.4. The number of aryl methyl sites for hydroxylation is 1. The lowest BCUT2D eigenvalue weighted by Crippen LogP contribution is -2.28. The van der Waals surface area contributed by atoms with Crippen LogP contribution in [-0.4, -0.2) is 32.7 Å². The highest BCUT2D eigenvalue weighted by atomic mass is 16.5. The molecule has 0 saturated heterocycles. The highest BCUT2D eigenvalue weighted by molar-refractivity contribution is 5.92. The van der Waals surface area contributed by atoms with Crippen molar-refractivity contribution in [2.75, 3.05) is 20.8 Å². The Bertz CT molecular complexity index is 860. The summed E-state index contributed by atoms with van der Waals surface area (Å²) in [5, 5.41) is 2.74. The number of esters is 1. The summed E-state index contributed by atoms with van der Waals surface area (Å²) in [6, 6.07) is 10.9. The van der Waals surface area contributed by atoms with Gasteiger partial charge in [-0.15, -0.1) is 6.58 Å². The van der Waals surface area contributed by atoms with E-state index in [1.165, 1.54) is 20.3 Å². The molecule has 2 aromatic carbocycles. The number of allylic oxidation sites excluding steroid dienone is 1. The molecule has 0 bridgehead atoms. The lowest BCUT2D eigenvalue weighted by molar-refractivity contribution is -0.124. The van der Waals surface area contributed by atoms with Crippen molar-refractivity contribution in [3.8, 4) is 11.5 Å². The molecule has 0 aliphatic rings. The van der Waals surface area contributed by atoms with E-state index in [1.807, 2.05) is 31.2 Å². The van der Waals surface area contributed by atoms with Crippen LogP contribution in [-0.2, 0) is 22.5 Å². The van der Waals surface area contributed by atoms with E-state index >= 15 is 0 Å². The first-order valence-electron chi connectivity index (χ1n) is 8.84. The van der Waals surface area contributed by atoms with E-state index in [0.717, 1.165) is 16.7 Å². The number of hydrogen-bond donors (Lipinski definition) is 1. The number of hydrogen-bond acceptors (Lipinski definition) is 5. The predicted molar refractivity (Wildman–Crippen MR) is 107 cm³/mol. The Morgan fingerprint density at radius 3 is 2.50 bits per heavy atom. The monoisotopic (exact) mass is 383 g/mol. The summed E-state index contributed by atoms with van der Waals surface area (Å²) >= 11 is 0. The number of carbonyl (C=O) groups excluding carboxylic acids is 2. The van der Waals surface area contributed by atoms with E-state index in [2.05, 4.69) is 11.9 Å². The number of benzene rings is 2.